The van der Waals surface area contributed by atoms with Crippen molar-refractivity contribution in [3.8, 4) is 0 Å². The van der Waals surface area contributed by atoms with E-state index in [4.69, 9.17) is 5.73 Å². The first-order chi connectivity index (χ1) is 9.76. The molecule has 0 spiro atoms. The summed E-state index contributed by atoms with van der Waals surface area (Å²) in [6.07, 6.45) is 10.0. The standard InChI is InChI=1S/C16H31N3O/c17-12-16(7-9-19-8-3-5-14(19)10-16)18-15-6-2-1-4-13(15)11-20/h13-15,18,20H,1-12,17H2. The molecule has 4 atom stereocenters. The Morgan fingerprint density at radius 2 is 2.00 bits per heavy atom. The van der Waals surface area contributed by atoms with Crippen molar-refractivity contribution in [3.63, 3.8) is 0 Å². The number of piperidine rings is 1. The van der Waals surface area contributed by atoms with Crippen molar-refractivity contribution < 1.29 is 5.11 Å². The Kier molecular flexibility index (Phi) is 4.65. The second kappa shape index (κ2) is 6.30. The first-order valence-corrected chi connectivity index (χ1v) is 8.59. The lowest BCUT2D eigenvalue weighted by Crippen LogP contribution is -2.63. The van der Waals surface area contributed by atoms with Crippen LogP contribution < -0.4 is 11.1 Å². The number of nitrogens with zero attached hydrogens (tertiary/aromatic N) is 1. The quantitative estimate of drug-likeness (QED) is 0.722. The summed E-state index contributed by atoms with van der Waals surface area (Å²) >= 11 is 0. The molecule has 2 aliphatic heterocycles. The van der Waals surface area contributed by atoms with Gasteiger partial charge in [0.15, 0.2) is 0 Å². The SMILES string of the molecule is NCC1(NC2CCCCC2CO)CCN2CCCC2C1. The maximum absolute atomic E-state index is 9.62. The number of hydrogen-bond acceptors (Lipinski definition) is 4. The second-order valence-corrected chi connectivity index (χ2v) is 7.25. The molecule has 4 heteroatoms. The van der Waals surface area contributed by atoms with E-state index >= 15 is 0 Å². The van der Waals surface area contributed by atoms with Gasteiger partial charge in [-0.1, -0.05) is 12.8 Å². The molecule has 0 aromatic heterocycles. The third-order valence-corrected chi connectivity index (χ3v) is 6.03. The molecule has 1 aliphatic carbocycles. The van der Waals surface area contributed by atoms with E-state index in [1.807, 2.05) is 0 Å². The fraction of sp³-hybridized carbons (Fsp3) is 1.00. The minimum absolute atomic E-state index is 0.126. The molecule has 3 aliphatic rings. The summed E-state index contributed by atoms with van der Waals surface area (Å²) in [6, 6.07) is 1.22. The number of aliphatic hydroxyl groups is 1. The van der Waals surface area contributed by atoms with E-state index in [2.05, 4.69) is 10.2 Å². The maximum atomic E-state index is 9.62. The molecule has 0 bridgehead atoms. The van der Waals surface area contributed by atoms with E-state index < -0.39 is 0 Å². The maximum Gasteiger partial charge on any atom is 0.0474 e. The summed E-state index contributed by atoms with van der Waals surface area (Å²) in [5.41, 5.74) is 6.31. The van der Waals surface area contributed by atoms with E-state index in [0.717, 1.165) is 12.6 Å². The van der Waals surface area contributed by atoms with Crippen LogP contribution >= 0.6 is 0 Å². The highest BCUT2D eigenvalue weighted by Crippen LogP contribution is 2.35. The monoisotopic (exact) mass is 281 g/mol. The van der Waals surface area contributed by atoms with Gasteiger partial charge < -0.3 is 21.1 Å². The lowest BCUT2D eigenvalue weighted by Gasteiger charge is -2.48. The number of nitrogens with one attached hydrogen (secondary N) is 1. The van der Waals surface area contributed by atoms with E-state index in [-0.39, 0.29) is 5.54 Å². The largest absolute Gasteiger partial charge is 0.396 e. The van der Waals surface area contributed by atoms with Crippen LogP contribution in [-0.2, 0) is 0 Å². The average Bonchev–Trinajstić information content (AvgIpc) is 2.95. The fourth-order valence-electron chi connectivity index (χ4n) is 4.72. The van der Waals surface area contributed by atoms with Gasteiger partial charge in [0.25, 0.3) is 0 Å². The Bertz CT molecular complexity index is 325. The lowest BCUT2D eigenvalue weighted by molar-refractivity contribution is 0.0722. The molecule has 3 fully saturated rings. The van der Waals surface area contributed by atoms with Crippen LogP contribution in [0.15, 0.2) is 0 Å². The van der Waals surface area contributed by atoms with Crippen LogP contribution in [0.1, 0.15) is 51.4 Å². The van der Waals surface area contributed by atoms with Crippen LogP contribution in [0.25, 0.3) is 0 Å². The van der Waals surface area contributed by atoms with Crippen LogP contribution in [0.2, 0.25) is 0 Å². The van der Waals surface area contributed by atoms with Gasteiger partial charge >= 0.3 is 0 Å². The van der Waals surface area contributed by atoms with Gasteiger partial charge in [-0.3, -0.25) is 0 Å². The third-order valence-electron chi connectivity index (χ3n) is 6.03. The molecule has 116 valence electrons. The van der Waals surface area contributed by atoms with Crippen molar-refractivity contribution in [1.29, 1.82) is 0 Å². The third kappa shape index (κ3) is 2.89. The van der Waals surface area contributed by atoms with Crippen LogP contribution in [0.3, 0.4) is 0 Å². The van der Waals surface area contributed by atoms with Crippen molar-refractivity contribution in [2.24, 2.45) is 11.7 Å². The average molecular weight is 281 g/mol. The predicted molar refractivity (Wildman–Crippen MR) is 81.6 cm³/mol. The Balaban J connectivity index is 1.66. The van der Waals surface area contributed by atoms with Crippen LogP contribution in [0.5, 0.6) is 0 Å². The molecule has 4 unspecified atom stereocenters. The normalized spacial score (nSPS) is 42.6. The zero-order valence-electron chi connectivity index (χ0n) is 12.7. The van der Waals surface area contributed by atoms with Crippen LogP contribution in [0.4, 0.5) is 0 Å². The summed E-state index contributed by atoms with van der Waals surface area (Å²) < 4.78 is 0. The number of hydrogen-bond donors (Lipinski definition) is 3. The minimum Gasteiger partial charge on any atom is -0.396 e. The van der Waals surface area contributed by atoms with Crippen LogP contribution in [-0.4, -0.2) is 53.9 Å². The van der Waals surface area contributed by atoms with Gasteiger partial charge in [0, 0.05) is 37.3 Å². The molecular weight excluding hydrogens is 250 g/mol. The van der Waals surface area contributed by atoms with E-state index in [0.29, 0.717) is 18.6 Å². The minimum atomic E-state index is 0.126. The number of rotatable bonds is 4. The highest BCUT2D eigenvalue weighted by atomic mass is 16.3. The van der Waals surface area contributed by atoms with Crippen molar-refractivity contribution >= 4 is 0 Å². The number of nitrogens with two attached hydrogens (primary N) is 1. The van der Waals surface area contributed by atoms with Gasteiger partial charge in [-0.25, -0.2) is 0 Å². The highest BCUT2D eigenvalue weighted by Gasteiger charge is 2.42. The highest BCUT2D eigenvalue weighted by molar-refractivity contribution is 5.02. The van der Waals surface area contributed by atoms with Crippen LogP contribution in [0, 0.1) is 5.92 Å². The van der Waals surface area contributed by atoms with Gasteiger partial charge in [-0.05, 0) is 51.0 Å². The van der Waals surface area contributed by atoms with Gasteiger partial charge in [0.2, 0.25) is 0 Å². The summed E-state index contributed by atoms with van der Waals surface area (Å²) in [4.78, 5) is 2.65. The predicted octanol–water partition coefficient (Wildman–Crippen LogP) is 1.08. The molecular formula is C16H31N3O. The molecule has 0 radical (unpaired) electrons. The first kappa shape index (κ1) is 14.8. The van der Waals surface area contributed by atoms with Crippen molar-refractivity contribution in [2.75, 3.05) is 26.2 Å². The molecule has 1 saturated carbocycles. The Morgan fingerprint density at radius 1 is 1.15 bits per heavy atom. The molecule has 0 aromatic rings. The molecule has 0 amide bonds. The Morgan fingerprint density at radius 3 is 2.80 bits per heavy atom. The molecule has 3 rings (SSSR count). The summed E-state index contributed by atoms with van der Waals surface area (Å²) in [5, 5.41) is 13.5. The van der Waals surface area contributed by atoms with E-state index in [1.54, 1.807) is 0 Å². The summed E-state index contributed by atoms with van der Waals surface area (Å²) in [7, 11) is 0. The summed E-state index contributed by atoms with van der Waals surface area (Å²) in [6.45, 7) is 3.55. The van der Waals surface area contributed by atoms with Gasteiger partial charge in [-0.2, -0.15) is 0 Å². The van der Waals surface area contributed by atoms with Gasteiger partial charge in [0.1, 0.15) is 0 Å². The van der Waals surface area contributed by atoms with Crippen molar-refractivity contribution in [2.45, 2.75) is 69.0 Å². The van der Waals surface area contributed by atoms with E-state index in [1.165, 1.54) is 64.5 Å². The zero-order chi connectivity index (χ0) is 14.0. The second-order valence-electron chi connectivity index (χ2n) is 7.25. The van der Waals surface area contributed by atoms with Gasteiger partial charge in [0.05, 0.1) is 0 Å². The molecule has 4 nitrogen and oxygen atoms in total. The molecule has 20 heavy (non-hydrogen) atoms. The molecule has 0 aromatic carbocycles. The molecule has 2 saturated heterocycles. The first-order valence-electron chi connectivity index (χ1n) is 8.59. The fourth-order valence-corrected chi connectivity index (χ4v) is 4.72. The lowest BCUT2D eigenvalue weighted by atomic mass is 9.78. The van der Waals surface area contributed by atoms with Crippen molar-refractivity contribution in [3.05, 3.63) is 0 Å². The Labute approximate surface area is 123 Å². The summed E-state index contributed by atoms with van der Waals surface area (Å²) in [5.74, 6) is 0.439. The molecule has 4 N–H and O–H groups in total. The number of aliphatic hydroxyl groups excluding tert-OH is 1. The Hall–Kier alpha value is -0.160. The topological polar surface area (TPSA) is 61.5 Å². The van der Waals surface area contributed by atoms with Crippen molar-refractivity contribution in [1.82, 2.24) is 10.2 Å². The van der Waals surface area contributed by atoms with Gasteiger partial charge in [-0.15, -0.1) is 0 Å². The zero-order valence-corrected chi connectivity index (χ0v) is 12.7. The van der Waals surface area contributed by atoms with E-state index in [9.17, 15) is 5.11 Å². The number of fused-ring (bicyclic) bond motifs is 1. The molecule has 2 heterocycles. The smallest absolute Gasteiger partial charge is 0.0474 e.